The van der Waals surface area contributed by atoms with Gasteiger partial charge in [-0.25, -0.2) is 0 Å². The van der Waals surface area contributed by atoms with Gasteiger partial charge in [0.1, 0.15) is 5.76 Å². The predicted molar refractivity (Wildman–Crippen MR) is 73.0 cm³/mol. The number of halogens is 1. The molecule has 3 nitrogen and oxygen atoms in total. The number of hydrogen-bond donors (Lipinski definition) is 1. The minimum absolute atomic E-state index is 0.344. The summed E-state index contributed by atoms with van der Waals surface area (Å²) in [5, 5.41) is 3.41. The Hall–Kier alpha value is -0.320. The lowest BCUT2D eigenvalue weighted by atomic mass is 9.97. The molecule has 17 heavy (non-hydrogen) atoms. The lowest BCUT2D eigenvalue weighted by Crippen LogP contribution is -2.35. The first kappa shape index (κ1) is 13.1. The first-order chi connectivity index (χ1) is 8.16. The Labute approximate surface area is 112 Å². The number of rotatable bonds is 4. The molecule has 2 heterocycles. The Kier molecular flexibility index (Phi) is 4.65. The predicted octanol–water partition coefficient (Wildman–Crippen LogP) is 3.03. The third-order valence-electron chi connectivity index (χ3n) is 3.67. The Morgan fingerprint density at radius 1 is 1.47 bits per heavy atom. The summed E-state index contributed by atoms with van der Waals surface area (Å²) in [5.41, 5.74) is 0. The van der Waals surface area contributed by atoms with Crippen LogP contribution in [0.25, 0.3) is 0 Å². The Bertz CT molecular complexity index is 347. The van der Waals surface area contributed by atoms with Crippen LogP contribution in [-0.2, 0) is 0 Å². The van der Waals surface area contributed by atoms with Crippen LogP contribution in [-0.4, -0.2) is 31.6 Å². The standard InChI is InChI=1S/C13H21BrN2O/c1-10(12-3-4-13(14)17-12)16(2)9-11-5-7-15-8-6-11/h3-4,10-11,15H,5-9H2,1-2H3. The highest BCUT2D eigenvalue weighted by molar-refractivity contribution is 9.10. The van der Waals surface area contributed by atoms with Crippen molar-refractivity contribution in [2.24, 2.45) is 5.92 Å². The summed E-state index contributed by atoms with van der Waals surface area (Å²) in [4.78, 5) is 2.39. The van der Waals surface area contributed by atoms with Gasteiger partial charge >= 0.3 is 0 Å². The summed E-state index contributed by atoms with van der Waals surface area (Å²) in [6.45, 7) is 5.69. The number of furan rings is 1. The van der Waals surface area contributed by atoms with Gasteiger partial charge in [-0.3, -0.25) is 4.90 Å². The molecule has 0 bridgehead atoms. The molecule has 96 valence electrons. The van der Waals surface area contributed by atoms with Crippen molar-refractivity contribution in [1.82, 2.24) is 10.2 Å². The van der Waals surface area contributed by atoms with E-state index in [1.54, 1.807) is 0 Å². The molecule has 1 aromatic rings. The molecule has 1 unspecified atom stereocenters. The largest absolute Gasteiger partial charge is 0.453 e. The van der Waals surface area contributed by atoms with Gasteiger partial charge in [-0.2, -0.15) is 0 Å². The first-order valence-electron chi connectivity index (χ1n) is 6.33. The molecule has 0 spiro atoms. The minimum Gasteiger partial charge on any atom is -0.453 e. The van der Waals surface area contributed by atoms with E-state index in [1.165, 1.54) is 25.9 Å². The smallest absolute Gasteiger partial charge is 0.169 e. The van der Waals surface area contributed by atoms with E-state index in [0.29, 0.717) is 6.04 Å². The van der Waals surface area contributed by atoms with Gasteiger partial charge < -0.3 is 9.73 Å². The zero-order chi connectivity index (χ0) is 12.3. The van der Waals surface area contributed by atoms with Crippen molar-refractivity contribution >= 4 is 15.9 Å². The summed E-state index contributed by atoms with van der Waals surface area (Å²) in [6.07, 6.45) is 2.58. The molecule has 1 N–H and O–H groups in total. The molecule has 1 atom stereocenters. The summed E-state index contributed by atoms with van der Waals surface area (Å²) in [7, 11) is 2.18. The Balaban J connectivity index is 1.88. The van der Waals surface area contributed by atoms with Crippen LogP contribution in [0.4, 0.5) is 0 Å². The van der Waals surface area contributed by atoms with E-state index in [2.05, 4.69) is 40.1 Å². The summed E-state index contributed by atoms with van der Waals surface area (Å²) >= 11 is 3.35. The van der Waals surface area contributed by atoms with Crippen molar-refractivity contribution in [3.8, 4) is 0 Å². The van der Waals surface area contributed by atoms with E-state index in [1.807, 2.05) is 12.1 Å². The van der Waals surface area contributed by atoms with Gasteiger partial charge in [-0.15, -0.1) is 0 Å². The van der Waals surface area contributed by atoms with Crippen LogP contribution in [0.5, 0.6) is 0 Å². The molecular weight excluding hydrogens is 280 g/mol. The zero-order valence-corrected chi connectivity index (χ0v) is 12.2. The van der Waals surface area contributed by atoms with Gasteiger partial charge in [0.25, 0.3) is 0 Å². The average molecular weight is 301 g/mol. The maximum Gasteiger partial charge on any atom is 0.169 e. The third-order valence-corrected chi connectivity index (χ3v) is 4.10. The van der Waals surface area contributed by atoms with E-state index in [4.69, 9.17) is 4.42 Å². The Morgan fingerprint density at radius 3 is 2.76 bits per heavy atom. The van der Waals surface area contributed by atoms with E-state index < -0.39 is 0 Å². The van der Waals surface area contributed by atoms with E-state index in [9.17, 15) is 0 Å². The van der Waals surface area contributed by atoms with Gasteiger partial charge in [-0.05, 0) is 73.9 Å². The second-order valence-electron chi connectivity index (χ2n) is 4.95. The number of nitrogens with one attached hydrogen (secondary N) is 1. The van der Waals surface area contributed by atoms with Gasteiger partial charge in [0.2, 0.25) is 0 Å². The normalized spacial score (nSPS) is 19.8. The molecule has 1 aliphatic heterocycles. The molecule has 4 heteroatoms. The number of hydrogen-bond acceptors (Lipinski definition) is 3. The quantitative estimate of drug-likeness (QED) is 0.926. The molecule has 1 saturated heterocycles. The highest BCUT2D eigenvalue weighted by atomic mass is 79.9. The van der Waals surface area contributed by atoms with Crippen LogP contribution in [0.3, 0.4) is 0 Å². The van der Waals surface area contributed by atoms with Gasteiger partial charge in [-0.1, -0.05) is 0 Å². The molecule has 1 fully saturated rings. The second-order valence-corrected chi connectivity index (χ2v) is 5.73. The van der Waals surface area contributed by atoms with Crippen molar-refractivity contribution in [2.45, 2.75) is 25.8 Å². The molecule has 0 aliphatic carbocycles. The van der Waals surface area contributed by atoms with Crippen molar-refractivity contribution in [2.75, 3.05) is 26.7 Å². The molecule has 0 radical (unpaired) electrons. The summed E-state index contributed by atoms with van der Waals surface area (Å²) in [6, 6.07) is 4.36. The molecule has 1 aliphatic rings. The molecule has 0 saturated carbocycles. The van der Waals surface area contributed by atoms with Crippen molar-refractivity contribution in [1.29, 1.82) is 0 Å². The lowest BCUT2D eigenvalue weighted by molar-refractivity contribution is 0.179. The van der Waals surface area contributed by atoms with Crippen LogP contribution in [0.15, 0.2) is 21.2 Å². The average Bonchev–Trinajstić information content (AvgIpc) is 2.76. The van der Waals surface area contributed by atoms with Gasteiger partial charge in [0.05, 0.1) is 6.04 Å². The van der Waals surface area contributed by atoms with E-state index in [0.717, 1.165) is 22.9 Å². The monoisotopic (exact) mass is 300 g/mol. The highest BCUT2D eigenvalue weighted by Crippen LogP contribution is 2.25. The van der Waals surface area contributed by atoms with E-state index in [-0.39, 0.29) is 0 Å². The maximum atomic E-state index is 5.62. The topological polar surface area (TPSA) is 28.4 Å². The van der Waals surface area contributed by atoms with Crippen LogP contribution in [0.1, 0.15) is 31.6 Å². The van der Waals surface area contributed by atoms with Crippen molar-refractivity contribution < 1.29 is 4.42 Å². The van der Waals surface area contributed by atoms with Crippen molar-refractivity contribution in [3.63, 3.8) is 0 Å². The minimum atomic E-state index is 0.344. The molecular formula is C13H21BrN2O. The van der Waals surface area contributed by atoms with Crippen molar-refractivity contribution in [3.05, 3.63) is 22.6 Å². The number of nitrogens with zero attached hydrogens (tertiary/aromatic N) is 1. The van der Waals surface area contributed by atoms with E-state index >= 15 is 0 Å². The zero-order valence-electron chi connectivity index (χ0n) is 10.6. The van der Waals surface area contributed by atoms with Gasteiger partial charge in [0, 0.05) is 6.54 Å². The molecule has 0 aromatic carbocycles. The molecule has 2 rings (SSSR count). The SMILES string of the molecule is CC(c1ccc(Br)o1)N(C)CC1CCNCC1. The lowest BCUT2D eigenvalue weighted by Gasteiger charge is -2.30. The second kappa shape index (κ2) is 6.03. The number of piperidine rings is 1. The van der Waals surface area contributed by atoms with Gasteiger partial charge in [0.15, 0.2) is 4.67 Å². The van der Waals surface area contributed by atoms with Crippen LogP contribution in [0.2, 0.25) is 0 Å². The fraction of sp³-hybridized carbons (Fsp3) is 0.692. The molecule has 1 aromatic heterocycles. The highest BCUT2D eigenvalue weighted by Gasteiger charge is 2.20. The Morgan fingerprint density at radius 2 is 2.18 bits per heavy atom. The maximum absolute atomic E-state index is 5.62. The summed E-state index contributed by atoms with van der Waals surface area (Å²) in [5.74, 6) is 1.86. The third kappa shape index (κ3) is 3.57. The summed E-state index contributed by atoms with van der Waals surface area (Å²) < 4.78 is 6.43. The fourth-order valence-electron chi connectivity index (χ4n) is 2.40. The first-order valence-corrected chi connectivity index (χ1v) is 7.12. The van der Waals surface area contributed by atoms with Crippen LogP contribution in [0, 0.1) is 5.92 Å². The van der Waals surface area contributed by atoms with Crippen LogP contribution < -0.4 is 5.32 Å². The fourth-order valence-corrected chi connectivity index (χ4v) is 2.72. The van der Waals surface area contributed by atoms with Crippen LogP contribution >= 0.6 is 15.9 Å². The molecule has 0 amide bonds.